The largest absolute Gasteiger partial charge is 0.481 e. The molecule has 0 aliphatic heterocycles. The number of nitrogens with one attached hydrogen (secondary N) is 2. The van der Waals surface area contributed by atoms with Crippen molar-refractivity contribution in [1.82, 2.24) is 0 Å². The predicted octanol–water partition coefficient (Wildman–Crippen LogP) is 9.13. The minimum Gasteiger partial charge on any atom is -0.481 e. The number of carboxylic acid groups (broad SMARTS) is 3. The van der Waals surface area contributed by atoms with Gasteiger partial charge in [-0.1, -0.05) is 98.1 Å². The first-order valence-corrected chi connectivity index (χ1v) is 15.3. The fourth-order valence-corrected chi connectivity index (χ4v) is 4.97. The van der Waals surface area contributed by atoms with Crippen LogP contribution < -0.4 is 10.6 Å². The lowest BCUT2D eigenvalue weighted by atomic mass is 10.0. The minimum atomic E-state index is -1.35. The van der Waals surface area contributed by atoms with Crippen LogP contribution in [0.2, 0.25) is 10.0 Å². The molecule has 242 valence electrons. The summed E-state index contributed by atoms with van der Waals surface area (Å²) in [5, 5.41) is 43.1. The van der Waals surface area contributed by atoms with Crippen LogP contribution in [0.1, 0.15) is 84.9 Å². The molecule has 0 bridgehead atoms. The van der Waals surface area contributed by atoms with Gasteiger partial charge in [-0.15, -0.1) is 0 Å². The average Bonchev–Trinajstić information content (AvgIpc) is 2.99. The number of nitro groups is 1. The molecule has 3 rings (SSSR count). The van der Waals surface area contributed by atoms with Crippen molar-refractivity contribution < 1.29 is 34.6 Å². The standard InChI is InChI=1S/C20H14Cl2N2O4.C12H23NO4/c21-15-13(19(25)26)17(23-11-7-3-1-4-8-11)18(14(16(15)22)20(27)28)24-12-9-5-2-6-10-12;14-12(15)10-8-6-4-2-1-3-5-7-9-11-13(16)17/h1-10,23-24H,(H,25,26)(H,27,28);1-11H2,(H,14,15). The molecule has 3 aromatic carbocycles. The van der Waals surface area contributed by atoms with Gasteiger partial charge < -0.3 is 26.0 Å². The summed E-state index contributed by atoms with van der Waals surface area (Å²) in [7, 11) is 0. The van der Waals surface area contributed by atoms with Crippen LogP contribution in [-0.2, 0) is 4.79 Å². The number of hydrogen-bond acceptors (Lipinski definition) is 7. The Morgan fingerprint density at radius 2 is 0.978 bits per heavy atom. The number of halogens is 2. The first-order valence-electron chi connectivity index (χ1n) is 14.5. The van der Waals surface area contributed by atoms with Crippen LogP contribution in [0.4, 0.5) is 22.7 Å². The maximum absolute atomic E-state index is 11.9. The summed E-state index contributed by atoms with van der Waals surface area (Å²) < 4.78 is 0. The second-order valence-electron chi connectivity index (χ2n) is 10.1. The van der Waals surface area contributed by atoms with Crippen molar-refractivity contribution in [3.05, 3.63) is 92.0 Å². The summed E-state index contributed by atoms with van der Waals surface area (Å²) in [4.78, 5) is 43.8. The number of para-hydroxylation sites is 2. The van der Waals surface area contributed by atoms with Gasteiger partial charge in [0.25, 0.3) is 0 Å². The molecule has 0 amide bonds. The Hall–Kier alpha value is -4.35. The normalized spacial score (nSPS) is 10.4. The van der Waals surface area contributed by atoms with Crippen LogP contribution in [-0.4, -0.2) is 44.7 Å². The molecule has 3 aromatic rings. The first-order chi connectivity index (χ1) is 21.5. The molecule has 45 heavy (non-hydrogen) atoms. The zero-order valence-electron chi connectivity index (χ0n) is 24.6. The highest BCUT2D eigenvalue weighted by molar-refractivity contribution is 6.46. The van der Waals surface area contributed by atoms with E-state index in [1.54, 1.807) is 60.7 Å². The van der Waals surface area contributed by atoms with Crippen molar-refractivity contribution >= 4 is 63.9 Å². The Morgan fingerprint density at radius 1 is 0.622 bits per heavy atom. The number of unbranched alkanes of at least 4 members (excludes halogenated alkanes) is 8. The Morgan fingerprint density at radius 3 is 1.31 bits per heavy atom. The lowest BCUT2D eigenvalue weighted by Gasteiger charge is -2.21. The van der Waals surface area contributed by atoms with Crippen molar-refractivity contribution in [1.29, 1.82) is 0 Å². The number of rotatable bonds is 18. The van der Waals surface area contributed by atoms with Crippen LogP contribution in [0.15, 0.2) is 60.7 Å². The summed E-state index contributed by atoms with van der Waals surface area (Å²) in [6.07, 6.45) is 9.29. The lowest BCUT2D eigenvalue weighted by molar-refractivity contribution is -0.480. The van der Waals surface area contributed by atoms with Crippen LogP contribution in [0, 0.1) is 10.1 Å². The smallest absolute Gasteiger partial charge is 0.339 e. The van der Waals surface area contributed by atoms with E-state index in [4.69, 9.17) is 28.3 Å². The molecule has 0 fully saturated rings. The number of anilines is 4. The third kappa shape index (κ3) is 13.0. The predicted molar refractivity (Wildman–Crippen MR) is 175 cm³/mol. The number of hydrogen-bond donors (Lipinski definition) is 5. The van der Waals surface area contributed by atoms with Crippen molar-refractivity contribution in [3.63, 3.8) is 0 Å². The molecule has 0 aliphatic carbocycles. The molecule has 0 saturated carbocycles. The second-order valence-corrected chi connectivity index (χ2v) is 10.9. The molecule has 0 heterocycles. The fourth-order valence-electron chi connectivity index (χ4n) is 4.43. The van der Waals surface area contributed by atoms with Gasteiger partial charge in [0.1, 0.15) is 11.1 Å². The van der Waals surface area contributed by atoms with E-state index in [1.165, 1.54) is 0 Å². The highest BCUT2D eigenvalue weighted by Crippen LogP contribution is 2.44. The summed E-state index contributed by atoms with van der Waals surface area (Å²) in [5.74, 6) is -3.41. The monoisotopic (exact) mass is 661 g/mol. The first kappa shape index (κ1) is 36.8. The Balaban J connectivity index is 0.000000358. The quantitative estimate of drug-likeness (QED) is 0.0501. The molecule has 11 nitrogen and oxygen atoms in total. The molecule has 13 heteroatoms. The summed E-state index contributed by atoms with van der Waals surface area (Å²) in [6, 6.07) is 17.4. The molecule has 0 aliphatic rings. The molecule has 0 spiro atoms. The molecular weight excluding hydrogens is 625 g/mol. The fraction of sp³-hybridized carbons (Fsp3) is 0.344. The number of carboxylic acids is 3. The van der Waals surface area contributed by atoms with E-state index in [0.29, 0.717) is 17.8 Å². The Kier molecular flexibility index (Phi) is 16.2. The molecule has 5 N–H and O–H groups in total. The second kappa shape index (κ2) is 19.8. The zero-order valence-corrected chi connectivity index (χ0v) is 26.1. The Labute approximate surface area is 271 Å². The van der Waals surface area contributed by atoms with E-state index in [-0.39, 0.29) is 50.4 Å². The highest BCUT2D eigenvalue weighted by atomic mass is 35.5. The van der Waals surface area contributed by atoms with Crippen molar-refractivity contribution in [2.24, 2.45) is 0 Å². The SMILES string of the molecule is O=C(O)CCCCCCCCCCC[N+](=O)[O-].O=C(O)c1c(Cl)c(Cl)c(C(=O)O)c(Nc2ccccc2)c1Nc1ccccc1. The van der Waals surface area contributed by atoms with Gasteiger partial charge >= 0.3 is 17.9 Å². The van der Waals surface area contributed by atoms with E-state index < -0.39 is 17.9 Å². The summed E-state index contributed by atoms with van der Waals surface area (Å²) in [5.41, 5.74) is 0.424. The van der Waals surface area contributed by atoms with E-state index in [2.05, 4.69) is 10.6 Å². The van der Waals surface area contributed by atoms with Gasteiger partial charge in [-0.05, 0) is 37.1 Å². The maximum atomic E-state index is 11.9. The molecule has 0 radical (unpaired) electrons. The average molecular weight is 663 g/mol. The lowest BCUT2D eigenvalue weighted by Crippen LogP contribution is -2.13. The molecular formula is C32H37Cl2N3O8. The third-order valence-corrected chi connectivity index (χ3v) is 7.48. The highest BCUT2D eigenvalue weighted by Gasteiger charge is 2.29. The summed E-state index contributed by atoms with van der Waals surface area (Å²) in [6.45, 7) is 0.0924. The van der Waals surface area contributed by atoms with Gasteiger partial charge in [0, 0.05) is 29.1 Å². The van der Waals surface area contributed by atoms with E-state index >= 15 is 0 Å². The van der Waals surface area contributed by atoms with Crippen molar-refractivity contribution in [2.45, 2.75) is 64.2 Å². The van der Waals surface area contributed by atoms with Gasteiger partial charge in [-0.2, -0.15) is 0 Å². The van der Waals surface area contributed by atoms with Gasteiger partial charge in [0.2, 0.25) is 6.54 Å². The number of aliphatic carboxylic acids is 1. The van der Waals surface area contributed by atoms with Crippen LogP contribution in [0.25, 0.3) is 0 Å². The minimum absolute atomic E-state index is 0.00523. The topological polar surface area (TPSA) is 179 Å². The molecule has 0 saturated heterocycles. The number of carbonyl (C=O) groups is 3. The molecule has 0 aromatic heterocycles. The van der Waals surface area contributed by atoms with Gasteiger partial charge in [0.15, 0.2) is 0 Å². The van der Waals surface area contributed by atoms with E-state index in [9.17, 15) is 34.7 Å². The maximum Gasteiger partial charge on any atom is 0.339 e. The van der Waals surface area contributed by atoms with Gasteiger partial charge in [-0.3, -0.25) is 14.9 Å². The number of benzene rings is 3. The van der Waals surface area contributed by atoms with Crippen LogP contribution in [0.5, 0.6) is 0 Å². The Bertz CT molecular complexity index is 1320. The summed E-state index contributed by atoms with van der Waals surface area (Å²) >= 11 is 12.3. The molecule has 0 atom stereocenters. The number of aromatic carboxylic acids is 2. The van der Waals surface area contributed by atoms with Gasteiger partial charge in [-0.25, -0.2) is 9.59 Å². The third-order valence-electron chi connectivity index (χ3n) is 6.63. The van der Waals surface area contributed by atoms with E-state index in [0.717, 1.165) is 51.4 Å². The van der Waals surface area contributed by atoms with Crippen LogP contribution in [0.3, 0.4) is 0 Å². The zero-order chi connectivity index (χ0) is 33.2. The van der Waals surface area contributed by atoms with Gasteiger partial charge in [0.05, 0.1) is 21.4 Å². The molecule has 0 unspecified atom stereocenters. The van der Waals surface area contributed by atoms with Crippen molar-refractivity contribution in [2.75, 3.05) is 17.2 Å². The van der Waals surface area contributed by atoms with E-state index in [1.807, 2.05) is 0 Å². The van der Waals surface area contributed by atoms with Crippen LogP contribution >= 0.6 is 23.2 Å². The van der Waals surface area contributed by atoms with Crippen molar-refractivity contribution in [3.8, 4) is 0 Å². The number of nitrogens with zero attached hydrogens (tertiary/aromatic N) is 1.